The molecule has 0 unspecified atom stereocenters. The molecule has 0 atom stereocenters. The third-order valence-electron chi connectivity index (χ3n) is 4.23. The first-order valence-corrected chi connectivity index (χ1v) is 10.2. The van der Waals surface area contributed by atoms with Crippen molar-refractivity contribution in [2.75, 3.05) is 5.32 Å². The maximum atomic E-state index is 12.6. The van der Waals surface area contributed by atoms with E-state index in [0.717, 1.165) is 37.0 Å². The summed E-state index contributed by atoms with van der Waals surface area (Å²) in [5, 5.41) is 2.99. The lowest BCUT2D eigenvalue weighted by Crippen LogP contribution is -2.15. The second-order valence-electron chi connectivity index (χ2n) is 6.08. The van der Waals surface area contributed by atoms with E-state index in [-0.39, 0.29) is 5.91 Å². The Labute approximate surface area is 169 Å². The number of amides is 1. The van der Waals surface area contributed by atoms with E-state index in [4.69, 9.17) is 4.74 Å². The number of benzene rings is 2. The number of rotatable bonds is 4. The average molecular weight is 547 g/mol. The number of carbonyl (C=O) groups excluding carboxylic acids is 1. The first-order chi connectivity index (χ1) is 11.5. The number of anilines is 1. The van der Waals surface area contributed by atoms with E-state index in [9.17, 15) is 4.79 Å². The van der Waals surface area contributed by atoms with Crippen molar-refractivity contribution in [3.63, 3.8) is 0 Å². The Bertz CT molecular complexity index is 755. The molecule has 1 amide bonds. The monoisotopic (exact) mass is 547 g/mol. The van der Waals surface area contributed by atoms with Gasteiger partial charge in [0.05, 0.1) is 11.8 Å². The maximum absolute atomic E-state index is 12.6. The van der Waals surface area contributed by atoms with Crippen molar-refractivity contribution in [2.45, 2.75) is 38.7 Å². The van der Waals surface area contributed by atoms with Crippen molar-refractivity contribution in [2.24, 2.45) is 0 Å². The average Bonchev–Trinajstić information content (AvgIpc) is 3.05. The Hall–Kier alpha value is -0.830. The molecule has 3 nitrogen and oxygen atoms in total. The van der Waals surface area contributed by atoms with Crippen molar-refractivity contribution < 1.29 is 9.53 Å². The van der Waals surface area contributed by atoms with Crippen LogP contribution in [0.25, 0.3) is 0 Å². The number of carbonyl (C=O) groups is 1. The molecule has 1 saturated carbocycles. The van der Waals surface area contributed by atoms with Crippen LogP contribution in [0.3, 0.4) is 0 Å². The zero-order chi connectivity index (χ0) is 17.1. The van der Waals surface area contributed by atoms with Crippen LogP contribution >= 0.6 is 45.2 Å². The van der Waals surface area contributed by atoms with Gasteiger partial charge in [0.1, 0.15) is 5.75 Å². The van der Waals surface area contributed by atoms with Gasteiger partial charge in [-0.05, 0) is 114 Å². The van der Waals surface area contributed by atoms with E-state index in [2.05, 4.69) is 50.5 Å². The number of hydrogen-bond donors (Lipinski definition) is 1. The van der Waals surface area contributed by atoms with Gasteiger partial charge in [0.2, 0.25) is 0 Å². The smallest absolute Gasteiger partial charge is 0.255 e. The summed E-state index contributed by atoms with van der Waals surface area (Å²) < 4.78 is 8.28. The van der Waals surface area contributed by atoms with Crippen molar-refractivity contribution in [3.05, 3.63) is 54.7 Å². The highest BCUT2D eigenvalue weighted by atomic mass is 127. The summed E-state index contributed by atoms with van der Waals surface area (Å²) >= 11 is 4.50. The van der Waals surface area contributed by atoms with Crippen molar-refractivity contribution >= 4 is 56.8 Å². The predicted octanol–water partition coefficient (Wildman–Crippen LogP) is 5.78. The minimum atomic E-state index is -0.106. The summed E-state index contributed by atoms with van der Waals surface area (Å²) in [6.07, 6.45) is 4.97. The van der Waals surface area contributed by atoms with Crippen LogP contribution < -0.4 is 10.1 Å². The fourth-order valence-corrected chi connectivity index (χ4v) is 4.58. The van der Waals surface area contributed by atoms with Crippen LogP contribution in [0.1, 0.15) is 41.6 Å². The Morgan fingerprint density at radius 3 is 2.58 bits per heavy atom. The second-order valence-corrected chi connectivity index (χ2v) is 8.49. The highest BCUT2D eigenvalue weighted by molar-refractivity contribution is 14.1. The third-order valence-corrected chi connectivity index (χ3v) is 5.79. The molecule has 1 N–H and O–H groups in total. The Kier molecular flexibility index (Phi) is 6.02. The molecule has 0 spiro atoms. The maximum Gasteiger partial charge on any atom is 0.255 e. The van der Waals surface area contributed by atoms with E-state index >= 15 is 0 Å². The van der Waals surface area contributed by atoms with Crippen LogP contribution in [-0.4, -0.2) is 12.0 Å². The minimum absolute atomic E-state index is 0.106. The molecular formula is C19H19I2NO2. The molecule has 2 aromatic carbocycles. The number of ether oxygens (including phenoxy) is 1. The zero-order valence-corrected chi connectivity index (χ0v) is 17.8. The number of hydrogen-bond acceptors (Lipinski definition) is 2. The van der Waals surface area contributed by atoms with E-state index in [1.807, 2.05) is 43.3 Å². The quantitative estimate of drug-likeness (QED) is 0.494. The summed E-state index contributed by atoms with van der Waals surface area (Å²) in [4.78, 5) is 12.6. The molecule has 0 aromatic heterocycles. The van der Waals surface area contributed by atoms with Gasteiger partial charge in [-0.1, -0.05) is 6.07 Å². The van der Waals surface area contributed by atoms with Gasteiger partial charge in [-0.2, -0.15) is 0 Å². The lowest BCUT2D eigenvalue weighted by atomic mass is 10.1. The fraction of sp³-hybridized carbons (Fsp3) is 0.316. The van der Waals surface area contributed by atoms with Gasteiger partial charge in [0.15, 0.2) is 0 Å². The minimum Gasteiger partial charge on any atom is -0.490 e. The predicted molar refractivity (Wildman–Crippen MR) is 114 cm³/mol. The van der Waals surface area contributed by atoms with Crippen LogP contribution in [0.4, 0.5) is 5.69 Å². The first-order valence-electron chi connectivity index (χ1n) is 8.06. The summed E-state index contributed by atoms with van der Waals surface area (Å²) in [5.74, 6) is 0.720. The Balaban J connectivity index is 1.76. The third kappa shape index (κ3) is 4.41. The van der Waals surface area contributed by atoms with E-state index in [1.54, 1.807) is 0 Å². The second kappa shape index (κ2) is 8.03. The molecule has 2 aromatic rings. The number of halogens is 2. The summed E-state index contributed by atoms with van der Waals surface area (Å²) in [6.45, 7) is 2.02. The van der Waals surface area contributed by atoms with E-state index in [1.165, 1.54) is 12.8 Å². The topological polar surface area (TPSA) is 38.3 Å². The molecule has 1 aliphatic carbocycles. The number of nitrogens with one attached hydrogen (secondary N) is 1. The summed E-state index contributed by atoms with van der Waals surface area (Å²) in [7, 11) is 0. The van der Waals surface area contributed by atoms with Crippen molar-refractivity contribution in [1.29, 1.82) is 0 Å². The van der Waals surface area contributed by atoms with Gasteiger partial charge in [0, 0.05) is 12.7 Å². The molecule has 5 heteroatoms. The van der Waals surface area contributed by atoms with Gasteiger partial charge in [0.25, 0.3) is 5.91 Å². The van der Waals surface area contributed by atoms with Gasteiger partial charge in [-0.3, -0.25) is 4.79 Å². The summed E-state index contributed by atoms with van der Waals surface area (Å²) in [6, 6.07) is 11.6. The molecule has 24 heavy (non-hydrogen) atoms. The fourth-order valence-electron chi connectivity index (χ4n) is 2.84. The van der Waals surface area contributed by atoms with Crippen molar-refractivity contribution in [3.8, 4) is 5.75 Å². The molecule has 1 fully saturated rings. The largest absolute Gasteiger partial charge is 0.490 e. The lowest BCUT2D eigenvalue weighted by Gasteiger charge is -2.16. The molecule has 0 radical (unpaired) electrons. The van der Waals surface area contributed by atoms with Crippen LogP contribution in [-0.2, 0) is 0 Å². The zero-order valence-electron chi connectivity index (χ0n) is 13.4. The first kappa shape index (κ1) is 18.0. The van der Waals surface area contributed by atoms with Gasteiger partial charge >= 0.3 is 0 Å². The Morgan fingerprint density at radius 1 is 1.12 bits per heavy atom. The molecule has 126 valence electrons. The molecule has 0 saturated heterocycles. The molecule has 3 rings (SSSR count). The lowest BCUT2D eigenvalue weighted by molar-refractivity contribution is 0.102. The van der Waals surface area contributed by atoms with E-state index in [0.29, 0.717) is 11.7 Å². The van der Waals surface area contributed by atoms with Crippen LogP contribution in [0, 0.1) is 14.1 Å². The molecule has 0 bridgehead atoms. The normalized spacial score (nSPS) is 14.6. The molecular weight excluding hydrogens is 528 g/mol. The van der Waals surface area contributed by atoms with E-state index < -0.39 is 0 Å². The summed E-state index contributed by atoms with van der Waals surface area (Å²) in [5.41, 5.74) is 2.53. The highest BCUT2D eigenvalue weighted by Crippen LogP contribution is 2.28. The van der Waals surface area contributed by atoms with Crippen molar-refractivity contribution in [1.82, 2.24) is 0 Å². The van der Waals surface area contributed by atoms with Crippen LogP contribution in [0.2, 0.25) is 0 Å². The van der Waals surface area contributed by atoms with Gasteiger partial charge in [-0.25, -0.2) is 0 Å². The van der Waals surface area contributed by atoms with Gasteiger partial charge < -0.3 is 10.1 Å². The Morgan fingerprint density at radius 2 is 1.88 bits per heavy atom. The highest BCUT2D eigenvalue weighted by Gasteiger charge is 2.18. The van der Waals surface area contributed by atoms with Crippen LogP contribution in [0.5, 0.6) is 5.75 Å². The standard InChI is InChI=1S/C19H19I2NO2/c1-12-6-7-13(10-18(12)24-15-4-2-3-5-15)19(23)22-17-9-8-14(20)11-16(17)21/h6-11,15H,2-5H2,1H3,(H,22,23). The molecule has 1 aliphatic rings. The molecule has 0 aliphatic heterocycles. The van der Waals surface area contributed by atoms with Crippen LogP contribution in [0.15, 0.2) is 36.4 Å². The molecule has 0 heterocycles. The van der Waals surface area contributed by atoms with Gasteiger partial charge in [-0.15, -0.1) is 0 Å². The SMILES string of the molecule is Cc1ccc(C(=O)Nc2ccc(I)cc2I)cc1OC1CCCC1. The number of aryl methyl sites for hydroxylation is 1.